The van der Waals surface area contributed by atoms with Crippen molar-refractivity contribution in [3.05, 3.63) is 24.6 Å². The summed E-state index contributed by atoms with van der Waals surface area (Å²) < 4.78 is 0. The number of aliphatic hydroxyl groups excluding tert-OH is 1. The Morgan fingerprint density at radius 2 is 1.61 bits per heavy atom. The number of nitrogens with zero attached hydrogens (tertiary/aromatic N) is 1. The summed E-state index contributed by atoms with van der Waals surface area (Å²) in [4.78, 5) is 1.98. The zero-order valence-corrected chi connectivity index (χ0v) is 15.3. The molecule has 23 heavy (non-hydrogen) atoms. The molecule has 0 aromatic rings. The van der Waals surface area contributed by atoms with Crippen LogP contribution in [0.5, 0.6) is 0 Å². The molecule has 2 atom stereocenters. The molecule has 0 bridgehead atoms. The van der Waals surface area contributed by atoms with Gasteiger partial charge in [0.05, 0.1) is 0 Å². The second-order valence-corrected chi connectivity index (χ2v) is 6.74. The molecule has 0 aliphatic carbocycles. The zero-order chi connectivity index (χ0) is 16.8. The van der Waals surface area contributed by atoms with Crippen molar-refractivity contribution in [1.29, 1.82) is 0 Å². The van der Waals surface area contributed by atoms with Crippen LogP contribution in [0.3, 0.4) is 0 Å². The standard InChI is InChI=1S/C20H38N2O/c1-3-4-5-6-7-8-9-10-11-12-13-14-15-16-20-21-17-18-22(20)19(2)23/h12-13,17-21,23H,3-11,14-16H2,1-2H3/b13-12+. The summed E-state index contributed by atoms with van der Waals surface area (Å²) in [7, 11) is 0. The number of hydrogen-bond donors (Lipinski definition) is 2. The Hall–Kier alpha value is -0.960. The smallest absolute Gasteiger partial charge is 0.125 e. The fourth-order valence-electron chi connectivity index (χ4n) is 3.11. The van der Waals surface area contributed by atoms with Gasteiger partial charge in [-0.15, -0.1) is 0 Å². The number of aliphatic hydroxyl groups is 1. The summed E-state index contributed by atoms with van der Waals surface area (Å²) in [6.45, 7) is 4.09. The minimum absolute atomic E-state index is 0.260. The van der Waals surface area contributed by atoms with Gasteiger partial charge in [0.25, 0.3) is 0 Å². The van der Waals surface area contributed by atoms with E-state index in [1.54, 1.807) is 0 Å². The van der Waals surface area contributed by atoms with E-state index in [9.17, 15) is 5.11 Å². The largest absolute Gasteiger partial charge is 0.374 e. The summed E-state index contributed by atoms with van der Waals surface area (Å²) in [5, 5.41) is 12.9. The highest BCUT2D eigenvalue weighted by Gasteiger charge is 2.20. The average Bonchev–Trinajstić information content (AvgIpc) is 3.00. The minimum atomic E-state index is -0.413. The number of hydrogen-bond acceptors (Lipinski definition) is 3. The molecule has 1 aliphatic rings. The van der Waals surface area contributed by atoms with Crippen molar-refractivity contribution >= 4 is 0 Å². The Bertz CT molecular complexity index is 326. The lowest BCUT2D eigenvalue weighted by Gasteiger charge is -2.27. The molecule has 2 N–H and O–H groups in total. The second kappa shape index (κ2) is 13.5. The van der Waals surface area contributed by atoms with Crippen LogP contribution in [-0.4, -0.2) is 22.4 Å². The van der Waals surface area contributed by atoms with Crippen LogP contribution in [-0.2, 0) is 0 Å². The molecule has 0 spiro atoms. The van der Waals surface area contributed by atoms with Crippen molar-refractivity contribution in [3.63, 3.8) is 0 Å². The quantitative estimate of drug-likeness (QED) is 0.337. The van der Waals surface area contributed by atoms with Crippen molar-refractivity contribution in [2.45, 2.75) is 103 Å². The molecular formula is C20H38N2O. The van der Waals surface area contributed by atoms with Crippen LogP contribution in [0.4, 0.5) is 0 Å². The van der Waals surface area contributed by atoms with Crippen molar-refractivity contribution in [2.75, 3.05) is 0 Å². The monoisotopic (exact) mass is 322 g/mol. The van der Waals surface area contributed by atoms with E-state index in [2.05, 4.69) is 24.4 Å². The highest BCUT2D eigenvalue weighted by atomic mass is 16.3. The van der Waals surface area contributed by atoms with Gasteiger partial charge in [0, 0.05) is 12.4 Å². The third kappa shape index (κ3) is 9.70. The summed E-state index contributed by atoms with van der Waals surface area (Å²) in [6.07, 6.45) is 24.2. The van der Waals surface area contributed by atoms with Gasteiger partial charge in [-0.3, -0.25) is 0 Å². The molecule has 0 aromatic carbocycles. The number of allylic oxidation sites excluding steroid dienone is 2. The van der Waals surface area contributed by atoms with Crippen LogP contribution in [0.2, 0.25) is 0 Å². The SMILES string of the molecule is CCCCCCCCCC/C=C/CCCC1NC=CN1C(C)O. The minimum Gasteiger partial charge on any atom is -0.374 e. The van der Waals surface area contributed by atoms with Crippen LogP contribution in [0.15, 0.2) is 24.6 Å². The van der Waals surface area contributed by atoms with E-state index in [0.717, 1.165) is 19.3 Å². The topological polar surface area (TPSA) is 35.5 Å². The zero-order valence-electron chi connectivity index (χ0n) is 15.3. The van der Waals surface area contributed by atoms with Gasteiger partial charge in [-0.2, -0.15) is 0 Å². The van der Waals surface area contributed by atoms with Gasteiger partial charge in [0.2, 0.25) is 0 Å². The molecule has 0 amide bonds. The van der Waals surface area contributed by atoms with E-state index in [4.69, 9.17) is 0 Å². The first-order valence-corrected chi connectivity index (χ1v) is 9.79. The lowest BCUT2D eigenvalue weighted by atomic mass is 10.1. The molecule has 0 aromatic heterocycles. The van der Waals surface area contributed by atoms with E-state index in [0.29, 0.717) is 0 Å². The Morgan fingerprint density at radius 1 is 1.00 bits per heavy atom. The molecule has 134 valence electrons. The van der Waals surface area contributed by atoms with E-state index < -0.39 is 6.23 Å². The fraction of sp³-hybridized carbons (Fsp3) is 0.800. The summed E-state index contributed by atoms with van der Waals surface area (Å²) in [5.41, 5.74) is 0. The van der Waals surface area contributed by atoms with Gasteiger partial charge >= 0.3 is 0 Å². The van der Waals surface area contributed by atoms with Crippen LogP contribution in [0, 0.1) is 0 Å². The van der Waals surface area contributed by atoms with Crippen LogP contribution in [0.25, 0.3) is 0 Å². The molecule has 0 radical (unpaired) electrons. The number of unbranched alkanes of at least 4 members (excludes halogenated alkanes) is 9. The van der Waals surface area contributed by atoms with Crippen molar-refractivity contribution < 1.29 is 5.11 Å². The summed E-state index contributed by atoms with van der Waals surface area (Å²) in [5.74, 6) is 0. The molecule has 0 fully saturated rings. The third-order valence-electron chi connectivity index (χ3n) is 4.57. The molecule has 1 heterocycles. The Balaban J connectivity index is 1.87. The number of nitrogens with one attached hydrogen (secondary N) is 1. The van der Waals surface area contributed by atoms with E-state index in [1.165, 1.54) is 57.8 Å². The lowest BCUT2D eigenvalue weighted by Crippen LogP contribution is -2.40. The van der Waals surface area contributed by atoms with Gasteiger partial charge in [-0.25, -0.2) is 0 Å². The molecule has 1 aliphatic heterocycles. The highest BCUT2D eigenvalue weighted by Crippen LogP contribution is 2.14. The average molecular weight is 323 g/mol. The molecular weight excluding hydrogens is 284 g/mol. The summed E-state index contributed by atoms with van der Waals surface area (Å²) >= 11 is 0. The van der Waals surface area contributed by atoms with Crippen molar-refractivity contribution in [3.8, 4) is 0 Å². The van der Waals surface area contributed by atoms with Crippen LogP contribution in [0.1, 0.15) is 90.9 Å². The maximum absolute atomic E-state index is 9.65. The second-order valence-electron chi connectivity index (χ2n) is 6.74. The highest BCUT2D eigenvalue weighted by molar-refractivity contribution is 4.94. The third-order valence-corrected chi connectivity index (χ3v) is 4.57. The Kier molecular flexibility index (Phi) is 11.8. The van der Waals surface area contributed by atoms with Crippen LogP contribution >= 0.6 is 0 Å². The molecule has 3 heteroatoms. The first-order valence-electron chi connectivity index (χ1n) is 9.79. The molecule has 3 nitrogen and oxygen atoms in total. The van der Waals surface area contributed by atoms with Gasteiger partial charge in [-0.1, -0.05) is 64.0 Å². The van der Waals surface area contributed by atoms with E-state index >= 15 is 0 Å². The van der Waals surface area contributed by atoms with Crippen molar-refractivity contribution in [2.24, 2.45) is 0 Å². The maximum Gasteiger partial charge on any atom is 0.125 e. The first-order chi connectivity index (χ1) is 11.3. The normalized spacial score (nSPS) is 18.7. The first kappa shape index (κ1) is 20.1. The fourth-order valence-corrected chi connectivity index (χ4v) is 3.11. The predicted octanol–water partition coefficient (Wildman–Crippen LogP) is 5.28. The van der Waals surface area contributed by atoms with Crippen LogP contribution < -0.4 is 5.32 Å². The van der Waals surface area contributed by atoms with Crippen molar-refractivity contribution in [1.82, 2.24) is 10.2 Å². The van der Waals surface area contributed by atoms with Gasteiger partial charge in [-0.05, 0) is 39.0 Å². The van der Waals surface area contributed by atoms with E-state index in [1.807, 2.05) is 24.2 Å². The molecule has 0 saturated heterocycles. The molecule has 0 saturated carbocycles. The Labute approximate surface area is 143 Å². The van der Waals surface area contributed by atoms with Gasteiger partial charge in [0.1, 0.15) is 12.4 Å². The van der Waals surface area contributed by atoms with Gasteiger partial charge < -0.3 is 15.3 Å². The molecule has 1 rings (SSSR count). The predicted molar refractivity (Wildman–Crippen MR) is 99.8 cm³/mol. The summed E-state index contributed by atoms with van der Waals surface area (Å²) in [6, 6.07) is 0. The maximum atomic E-state index is 9.65. The lowest BCUT2D eigenvalue weighted by molar-refractivity contribution is 0.0257. The number of rotatable bonds is 14. The molecule has 2 unspecified atom stereocenters. The Morgan fingerprint density at radius 3 is 2.26 bits per heavy atom. The van der Waals surface area contributed by atoms with Gasteiger partial charge in [0.15, 0.2) is 0 Å². The van der Waals surface area contributed by atoms with E-state index in [-0.39, 0.29) is 6.17 Å².